The van der Waals surface area contributed by atoms with E-state index in [0.29, 0.717) is 6.07 Å². The Bertz CT molecular complexity index is 501. The van der Waals surface area contributed by atoms with Gasteiger partial charge in [0.05, 0.1) is 16.8 Å². The summed E-state index contributed by atoms with van der Waals surface area (Å²) in [5.41, 5.74) is 4.83. The van der Waals surface area contributed by atoms with Gasteiger partial charge in [-0.3, -0.25) is 0 Å². The van der Waals surface area contributed by atoms with Crippen molar-refractivity contribution in [3.63, 3.8) is 0 Å². The highest BCUT2D eigenvalue weighted by Gasteiger charge is 2.34. The Morgan fingerprint density at radius 1 is 1.44 bits per heavy atom. The maximum Gasteiger partial charge on any atom is 0.417 e. The first-order chi connectivity index (χ1) is 8.23. The van der Waals surface area contributed by atoms with Crippen LogP contribution in [-0.2, 0) is 6.18 Å². The van der Waals surface area contributed by atoms with Gasteiger partial charge in [-0.05, 0) is 12.1 Å². The van der Waals surface area contributed by atoms with Crippen LogP contribution >= 0.6 is 11.6 Å². The smallest absolute Gasteiger partial charge is 0.350 e. The van der Waals surface area contributed by atoms with Crippen LogP contribution in [0.4, 0.5) is 22.4 Å². The number of urea groups is 1. The van der Waals surface area contributed by atoms with E-state index in [9.17, 15) is 22.4 Å². The summed E-state index contributed by atoms with van der Waals surface area (Å²) in [7, 11) is 0. The molecule has 2 amide bonds. The topological polar surface area (TPSA) is 67.5 Å². The molecule has 0 aliphatic heterocycles. The Hall–Kier alpha value is -1.83. The number of hydrogen-bond acceptors (Lipinski definition) is 2. The molecule has 98 valence electrons. The molecular weight excluding hydrogens is 278 g/mol. The number of carbonyl (C=O) groups is 1. The molecule has 0 aliphatic rings. The highest BCUT2D eigenvalue weighted by molar-refractivity contribution is 6.31. The molecule has 0 heterocycles. The minimum Gasteiger partial charge on any atom is -0.350 e. The van der Waals surface area contributed by atoms with Gasteiger partial charge in [0.2, 0.25) is 0 Å². The first kappa shape index (κ1) is 14.2. The van der Waals surface area contributed by atoms with Crippen LogP contribution in [0.5, 0.6) is 0 Å². The van der Waals surface area contributed by atoms with E-state index in [1.807, 2.05) is 0 Å². The summed E-state index contributed by atoms with van der Waals surface area (Å²) >= 11 is 5.26. The Morgan fingerprint density at radius 2 is 2.06 bits per heavy atom. The van der Waals surface area contributed by atoms with Gasteiger partial charge >= 0.3 is 12.2 Å². The molecule has 0 bridgehead atoms. The zero-order valence-corrected chi connectivity index (χ0v) is 9.31. The van der Waals surface area contributed by atoms with E-state index < -0.39 is 28.6 Å². The maximum absolute atomic E-state index is 13.4. The lowest BCUT2D eigenvalue weighted by atomic mass is 10.1. The minimum atomic E-state index is -4.75. The van der Waals surface area contributed by atoms with Gasteiger partial charge in [-0.2, -0.15) is 18.3 Å². The molecule has 0 unspecified atom stereocenters. The molecule has 0 saturated carbocycles. The molecule has 9 heteroatoms. The van der Waals surface area contributed by atoms with Crippen molar-refractivity contribution in [1.82, 2.24) is 5.43 Å². The number of nitrogens with one attached hydrogen (secondary N) is 1. The quantitative estimate of drug-likeness (QED) is 0.489. The summed E-state index contributed by atoms with van der Waals surface area (Å²) in [6.07, 6.45) is -3.97. The first-order valence-electron chi connectivity index (χ1n) is 4.37. The lowest BCUT2D eigenvalue weighted by Gasteiger charge is -2.10. The van der Waals surface area contributed by atoms with Crippen LogP contribution in [0, 0.1) is 5.82 Å². The fourth-order valence-electron chi connectivity index (χ4n) is 1.05. The van der Waals surface area contributed by atoms with Crippen molar-refractivity contribution in [3.8, 4) is 0 Å². The number of amides is 2. The number of alkyl halides is 3. The molecule has 0 aliphatic carbocycles. The largest absolute Gasteiger partial charge is 0.417 e. The predicted molar refractivity (Wildman–Crippen MR) is 56.7 cm³/mol. The zero-order chi connectivity index (χ0) is 13.9. The van der Waals surface area contributed by atoms with E-state index >= 15 is 0 Å². The van der Waals surface area contributed by atoms with Crippen molar-refractivity contribution in [1.29, 1.82) is 0 Å². The van der Waals surface area contributed by atoms with Crippen molar-refractivity contribution in [2.24, 2.45) is 10.8 Å². The summed E-state index contributed by atoms with van der Waals surface area (Å²) in [5, 5.41) is 2.14. The van der Waals surface area contributed by atoms with E-state index in [1.54, 1.807) is 5.43 Å². The van der Waals surface area contributed by atoms with E-state index in [4.69, 9.17) is 11.6 Å². The fourth-order valence-corrected chi connectivity index (χ4v) is 1.33. The Kier molecular flexibility index (Phi) is 4.12. The molecule has 1 aromatic carbocycles. The summed E-state index contributed by atoms with van der Waals surface area (Å²) < 4.78 is 50.5. The van der Waals surface area contributed by atoms with E-state index in [-0.39, 0.29) is 5.56 Å². The third-order valence-corrected chi connectivity index (χ3v) is 2.17. The molecule has 1 rings (SSSR count). The molecule has 18 heavy (non-hydrogen) atoms. The van der Waals surface area contributed by atoms with Crippen LogP contribution in [0.3, 0.4) is 0 Å². The van der Waals surface area contributed by atoms with E-state index in [2.05, 4.69) is 10.8 Å². The first-order valence-corrected chi connectivity index (χ1v) is 4.75. The Balaban J connectivity index is 3.09. The zero-order valence-electron chi connectivity index (χ0n) is 8.55. The molecular formula is C9H6ClF4N3O. The minimum absolute atomic E-state index is 0.318. The second-order valence-corrected chi connectivity index (χ2v) is 3.44. The standard InChI is InChI=1S/C9H6ClF4N3O/c10-6-5(9(12,13)14)2-1-4(7(6)11)3-16-17-8(15)18/h1-3H,(H3,15,17,18). The second-order valence-electron chi connectivity index (χ2n) is 3.06. The number of nitrogens with two attached hydrogens (primary N) is 1. The molecule has 0 radical (unpaired) electrons. The van der Waals surface area contributed by atoms with Gasteiger partial charge in [0.15, 0.2) is 5.82 Å². The van der Waals surface area contributed by atoms with Gasteiger partial charge in [-0.15, -0.1) is 0 Å². The average Bonchev–Trinajstić information content (AvgIpc) is 2.22. The Labute approximate surface area is 103 Å². The number of rotatable bonds is 2. The van der Waals surface area contributed by atoms with Gasteiger partial charge in [0.1, 0.15) is 0 Å². The van der Waals surface area contributed by atoms with Crippen LogP contribution < -0.4 is 11.2 Å². The van der Waals surface area contributed by atoms with Crippen molar-refractivity contribution in [2.45, 2.75) is 6.18 Å². The van der Waals surface area contributed by atoms with Crippen LogP contribution in [-0.4, -0.2) is 12.2 Å². The lowest BCUT2D eigenvalue weighted by Crippen LogP contribution is -2.24. The van der Waals surface area contributed by atoms with Gasteiger partial charge < -0.3 is 5.73 Å². The number of nitrogens with zero attached hydrogens (tertiary/aromatic N) is 1. The van der Waals surface area contributed by atoms with Crippen LogP contribution in [0.2, 0.25) is 5.02 Å². The molecule has 1 aromatic rings. The summed E-state index contributed by atoms with van der Waals surface area (Å²) in [6, 6.07) is 0.442. The second kappa shape index (κ2) is 5.21. The lowest BCUT2D eigenvalue weighted by molar-refractivity contribution is -0.137. The number of halogens is 5. The van der Waals surface area contributed by atoms with Gasteiger partial charge in [-0.1, -0.05) is 11.6 Å². The molecule has 0 aromatic heterocycles. The molecule has 0 spiro atoms. The molecule has 0 atom stereocenters. The highest BCUT2D eigenvalue weighted by atomic mass is 35.5. The van der Waals surface area contributed by atoms with Crippen LogP contribution in [0.1, 0.15) is 11.1 Å². The molecule has 0 saturated heterocycles. The summed E-state index contributed by atoms with van der Waals surface area (Å²) in [5.74, 6) is -1.29. The monoisotopic (exact) mass is 283 g/mol. The number of carbonyl (C=O) groups excluding carboxylic acids is 1. The van der Waals surface area contributed by atoms with Crippen LogP contribution in [0.25, 0.3) is 0 Å². The summed E-state index contributed by atoms with van der Waals surface area (Å²) in [6.45, 7) is 0. The van der Waals surface area contributed by atoms with Crippen molar-refractivity contribution in [3.05, 3.63) is 34.1 Å². The third kappa shape index (κ3) is 3.33. The average molecular weight is 284 g/mol. The summed E-state index contributed by atoms with van der Waals surface area (Å²) in [4.78, 5) is 10.3. The van der Waals surface area contributed by atoms with Crippen LogP contribution in [0.15, 0.2) is 17.2 Å². The van der Waals surface area contributed by atoms with E-state index in [1.165, 1.54) is 0 Å². The molecule has 4 nitrogen and oxygen atoms in total. The van der Waals surface area contributed by atoms with Gasteiger partial charge in [0.25, 0.3) is 0 Å². The van der Waals surface area contributed by atoms with Crippen molar-refractivity contribution < 1.29 is 22.4 Å². The fraction of sp³-hybridized carbons (Fsp3) is 0.111. The maximum atomic E-state index is 13.4. The highest BCUT2D eigenvalue weighted by Crippen LogP contribution is 2.36. The molecule has 0 fully saturated rings. The Morgan fingerprint density at radius 3 is 2.56 bits per heavy atom. The predicted octanol–water partition coefficient (Wildman–Crippen LogP) is 2.50. The number of primary amides is 1. The SMILES string of the molecule is NC(=O)NN=Cc1ccc(C(F)(F)F)c(Cl)c1F. The number of benzene rings is 1. The van der Waals surface area contributed by atoms with E-state index in [0.717, 1.165) is 12.3 Å². The third-order valence-electron chi connectivity index (χ3n) is 1.80. The van der Waals surface area contributed by atoms with Gasteiger partial charge in [-0.25, -0.2) is 14.6 Å². The number of hydrogen-bond donors (Lipinski definition) is 2. The normalized spacial score (nSPS) is 11.8. The van der Waals surface area contributed by atoms with Crippen molar-refractivity contribution >= 4 is 23.8 Å². The number of hydrazone groups is 1. The van der Waals surface area contributed by atoms with Gasteiger partial charge in [0, 0.05) is 5.56 Å². The molecule has 3 N–H and O–H groups in total. The van der Waals surface area contributed by atoms with Crippen molar-refractivity contribution in [2.75, 3.05) is 0 Å².